The first-order chi connectivity index (χ1) is 12.3. The van der Waals surface area contributed by atoms with E-state index in [-0.39, 0.29) is 5.91 Å². The van der Waals surface area contributed by atoms with E-state index in [0.29, 0.717) is 12.6 Å². The molecule has 1 saturated heterocycles. The molecule has 3 rings (SSSR count). The molecule has 0 atom stereocenters. The molecule has 1 aromatic rings. The minimum Gasteiger partial charge on any atom is -0.378 e. The molecule has 5 nitrogen and oxygen atoms in total. The van der Waals surface area contributed by atoms with Crippen molar-refractivity contribution in [1.82, 2.24) is 4.90 Å². The topological polar surface area (TPSA) is 44.8 Å². The summed E-state index contributed by atoms with van der Waals surface area (Å²) in [6, 6.07) is 8.74. The summed E-state index contributed by atoms with van der Waals surface area (Å²) < 4.78 is 5.39. The minimum atomic E-state index is 0.0894. The zero-order valence-electron chi connectivity index (χ0n) is 15.4. The maximum Gasteiger partial charge on any atom is 0.238 e. The highest BCUT2D eigenvalue weighted by Gasteiger charge is 2.21. The van der Waals surface area contributed by atoms with E-state index < -0.39 is 0 Å². The third-order valence-electron chi connectivity index (χ3n) is 5.37. The first kappa shape index (κ1) is 18.2. The van der Waals surface area contributed by atoms with E-state index in [1.165, 1.54) is 37.8 Å². The van der Waals surface area contributed by atoms with Gasteiger partial charge in [0, 0.05) is 30.5 Å². The highest BCUT2D eigenvalue weighted by Crippen LogP contribution is 2.23. The largest absolute Gasteiger partial charge is 0.378 e. The van der Waals surface area contributed by atoms with Gasteiger partial charge in [0.2, 0.25) is 5.91 Å². The molecule has 1 amide bonds. The van der Waals surface area contributed by atoms with Crippen LogP contribution in [-0.2, 0) is 9.53 Å². The van der Waals surface area contributed by atoms with Crippen LogP contribution in [0.15, 0.2) is 24.3 Å². The number of nitrogens with zero attached hydrogens (tertiary/aromatic N) is 2. The summed E-state index contributed by atoms with van der Waals surface area (Å²) in [5.41, 5.74) is 2.07. The maximum atomic E-state index is 12.4. The van der Waals surface area contributed by atoms with Crippen LogP contribution in [0.1, 0.15) is 39.0 Å². The Hall–Kier alpha value is -1.59. The quantitative estimate of drug-likeness (QED) is 0.860. The van der Waals surface area contributed by atoms with E-state index in [1.54, 1.807) is 0 Å². The first-order valence-electron chi connectivity index (χ1n) is 9.73. The second-order valence-electron chi connectivity index (χ2n) is 7.05. The van der Waals surface area contributed by atoms with Crippen molar-refractivity contribution in [3.8, 4) is 0 Å². The number of amides is 1. The van der Waals surface area contributed by atoms with Crippen molar-refractivity contribution in [3.63, 3.8) is 0 Å². The molecule has 2 aliphatic rings. The fourth-order valence-corrected chi connectivity index (χ4v) is 3.91. The van der Waals surface area contributed by atoms with Gasteiger partial charge in [0.1, 0.15) is 0 Å². The molecule has 25 heavy (non-hydrogen) atoms. The molecule has 0 spiro atoms. The minimum absolute atomic E-state index is 0.0894. The summed E-state index contributed by atoms with van der Waals surface area (Å²) in [5, 5.41) is 3.05. The lowest BCUT2D eigenvalue weighted by molar-refractivity contribution is -0.118. The molecular formula is C20H31N3O2. The summed E-state index contributed by atoms with van der Waals surface area (Å²) in [6.07, 6.45) is 6.40. The lowest BCUT2D eigenvalue weighted by atomic mass is 9.94. The van der Waals surface area contributed by atoms with Gasteiger partial charge < -0.3 is 15.0 Å². The second-order valence-corrected chi connectivity index (χ2v) is 7.05. The van der Waals surface area contributed by atoms with Crippen molar-refractivity contribution in [2.75, 3.05) is 49.6 Å². The Labute approximate surface area is 151 Å². The zero-order valence-corrected chi connectivity index (χ0v) is 15.4. The summed E-state index contributed by atoms with van der Waals surface area (Å²) in [7, 11) is 0. The number of hydrogen-bond donors (Lipinski definition) is 1. The van der Waals surface area contributed by atoms with Crippen LogP contribution in [0.3, 0.4) is 0 Å². The number of hydrogen-bond acceptors (Lipinski definition) is 4. The number of benzene rings is 1. The van der Waals surface area contributed by atoms with Crippen molar-refractivity contribution in [2.24, 2.45) is 0 Å². The van der Waals surface area contributed by atoms with Gasteiger partial charge in [-0.05, 0) is 43.7 Å². The predicted molar refractivity (Wildman–Crippen MR) is 102 cm³/mol. The number of ether oxygens (including phenoxy) is 1. The van der Waals surface area contributed by atoms with E-state index in [1.807, 2.05) is 12.1 Å². The summed E-state index contributed by atoms with van der Waals surface area (Å²) in [6.45, 7) is 7.01. The Morgan fingerprint density at radius 1 is 1.16 bits per heavy atom. The molecule has 0 bridgehead atoms. The van der Waals surface area contributed by atoms with Gasteiger partial charge in [-0.1, -0.05) is 26.2 Å². The number of rotatable bonds is 6. The molecule has 138 valence electrons. The Morgan fingerprint density at radius 3 is 2.48 bits per heavy atom. The Morgan fingerprint density at radius 2 is 1.84 bits per heavy atom. The van der Waals surface area contributed by atoms with Crippen molar-refractivity contribution in [2.45, 2.75) is 45.1 Å². The van der Waals surface area contributed by atoms with Crippen LogP contribution in [0, 0.1) is 0 Å². The molecule has 0 radical (unpaired) electrons. The van der Waals surface area contributed by atoms with Gasteiger partial charge in [-0.3, -0.25) is 9.69 Å². The van der Waals surface area contributed by atoms with Crippen molar-refractivity contribution in [3.05, 3.63) is 24.3 Å². The van der Waals surface area contributed by atoms with Gasteiger partial charge in [0.05, 0.1) is 19.8 Å². The number of likely N-dealkylation sites (N-methyl/N-ethyl adjacent to an activating group) is 1. The molecule has 0 aromatic heterocycles. The number of carbonyl (C=O) groups is 1. The maximum absolute atomic E-state index is 12.4. The molecule has 1 N–H and O–H groups in total. The highest BCUT2D eigenvalue weighted by molar-refractivity contribution is 5.92. The Balaban J connectivity index is 1.51. The Bertz CT molecular complexity index is 534. The van der Waals surface area contributed by atoms with E-state index >= 15 is 0 Å². The molecule has 1 aliphatic heterocycles. The van der Waals surface area contributed by atoms with Crippen LogP contribution in [0.5, 0.6) is 0 Å². The Kier molecular flexibility index (Phi) is 6.70. The van der Waals surface area contributed by atoms with Gasteiger partial charge in [0.15, 0.2) is 0 Å². The van der Waals surface area contributed by atoms with Gasteiger partial charge in [-0.2, -0.15) is 0 Å². The number of anilines is 2. The van der Waals surface area contributed by atoms with Crippen molar-refractivity contribution >= 4 is 17.3 Å². The third-order valence-corrected chi connectivity index (χ3v) is 5.37. The van der Waals surface area contributed by atoms with E-state index in [9.17, 15) is 4.79 Å². The molecule has 1 saturated carbocycles. The molecule has 2 fully saturated rings. The fourth-order valence-electron chi connectivity index (χ4n) is 3.91. The van der Waals surface area contributed by atoms with E-state index in [4.69, 9.17) is 4.74 Å². The van der Waals surface area contributed by atoms with Gasteiger partial charge in [-0.15, -0.1) is 0 Å². The number of morpholine rings is 1. The monoisotopic (exact) mass is 345 g/mol. The number of nitrogens with one attached hydrogen (secondary N) is 1. The molecule has 0 unspecified atom stereocenters. The van der Waals surface area contributed by atoms with Gasteiger partial charge in [0.25, 0.3) is 0 Å². The van der Waals surface area contributed by atoms with Gasteiger partial charge >= 0.3 is 0 Å². The standard InChI is InChI=1S/C20H31N3O2/c1-2-22(18-6-4-3-5-7-18)16-20(24)21-17-8-10-19(11-9-17)23-12-14-25-15-13-23/h8-11,18H,2-7,12-16H2,1H3,(H,21,24). The first-order valence-corrected chi connectivity index (χ1v) is 9.73. The predicted octanol–water partition coefficient (Wildman–Crippen LogP) is 3.12. The van der Waals surface area contributed by atoms with E-state index in [2.05, 4.69) is 34.2 Å². The van der Waals surface area contributed by atoms with E-state index in [0.717, 1.165) is 38.5 Å². The van der Waals surface area contributed by atoms with Crippen LogP contribution in [0.25, 0.3) is 0 Å². The lowest BCUT2D eigenvalue weighted by Gasteiger charge is -2.33. The molecule has 1 aromatic carbocycles. The SMILES string of the molecule is CCN(CC(=O)Nc1ccc(N2CCOCC2)cc1)C1CCCCC1. The summed E-state index contributed by atoms with van der Waals surface area (Å²) >= 11 is 0. The van der Waals surface area contributed by atoms with Crippen LogP contribution >= 0.6 is 0 Å². The highest BCUT2D eigenvalue weighted by atomic mass is 16.5. The van der Waals surface area contributed by atoms with Crippen LogP contribution in [0.2, 0.25) is 0 Å². The van der Waals surface area contributed by atoms with Crippen LogP contribution < -0.4 is 10.2 Å². The average molecular weight is 345 g/mol. The summed E-state index contributed by atoms with van der Waals surface area (Å²) in [5.74, 6) is 0.0894. The molecular weight excluding hydrogens is 314 g/mol. The van der Waals surface area contributed by atoms with Crippen LogP contribution in [-0.4, -0.2) is 56.2 Å². The van der Waals surface area contributed by atoms with Gasteiger partial charge in [-0.25, -0.2) is 0 Å². The van der Waals surface area contributed by atoms with Crippen molar-refractivity contribution < 1.29 is 9.53 Å². The second kappa shape index (κ2) is 9.20. The summed E-state index contributed by atoms with van der Waals surface area (Å²) in [4.78, 5) is 17.1. The third kappa shape index (κ3) is 5.19. The van der Waals surface area contributed by atoms with Crippen LogP contribution in [0.4, 0.5) is 11.4 Å². The smallest absolute Gasteiger partial charge is 0.238 e. The lowest BCUT2D eigenvalue weighted by Crippen LogP contribution is -2.41. The molecule has 5 heteroatoms. The normalized spacial score (nSPS) is 19.2. The fraction of sp³-hybridized carbons (Fsp3) is 0.650. The molecule has 1 aliphatic carbocycles. The average Bonchev–Trinajstić information content (AvgIpc) is 2.68. The zero-order chi connectivity index (χ0) is 17.5. The van der Waals surface area contributed by atoms with Crippen molar-refractivity contribution in [1.29, 1.82) is 0 Å². The molecule has 1 heterocycles. The number of carbonyl (C=O) groups excluding carboxylic acids is 1.